The topological polar surface area (TPSA) is 64.1 Å². The van der Waals surface area contributed by atoms with E-state index in [1.165, 1.54) is 30.6 Å². The van der Waals surface area contributed by atoms with Crippen LogP contribution in [0.1, 0.15) is 36.1 Å². The number of aromatic nitrogens is 2. The number of carbonyl (C=O) groups is 1. The summed E-state index contributed by atoms with van der Waals surface area (Å²) in [6.45, 7) is 6.04. The van der Waals surface area contributed by atoms with Crippen molar-refractivity contribution >= 4 is 22.4 Å². The van der Waals surface area contributed by atoms with Gasteiger partial charge in [-0.3, -0.25) is 10.1 Å². The van der Waals surface area contributed by atoms with Gasteiger partial charge in [0.25, 0.3) is 5.91 Å². The number of amides is 1. The van der Waals surface area contributed by atoms with Gasteiger partial charge in [0.05, 0.1) is 7.11 Å². The number of carbonyl (C=O) groups excluding carboxylic acids is 1. The van der Waals surface area contributed by atoms with Gasteiger partial charge in [-0.1, -0.05) is 32.1 Å². The van der Waals surface area contributed by atoms with E-state index in [0.29, 0.717) is 5.13 Å². The number of nitrogens with zero attached hydrogens (tertiary/aromatic N) is 2. The summed E-state index contributed by atoms with van der Waals surface area (Å²) < 4.78 is 18.4. The lowest BCUT2D eigenvalue weighted by Gasteiger charge is -2.12. The summed E-state index contributed by atoms with van der Waals surface area (Å²) in [4.78, 5) is 12.0. The molecule has 0 aliphatic heterocycles. The van der Waals surface area contributed by atoms with Crippen molar-refractivity contribution in [1.29, 1.82) is 0 Å². The van der Waals surface area contributed by atoms with Gasteiger partial charge in [0.1, 0.15) is 5.01 Å². The number of ether oxygens (including phenoxy) is 1. The van der Waals surface area contributed by atoms with Crippen LogP contribution in [-0.2, 0) is 5.41 Å². The van der Waals surface area contributed by atoms with Crippen molar-refractivity contribution in [2.75, 3.05) is 12.4 Å². The number of halogens is 1. The Hall–Kier alpha value is -2.02. The Morgan fingerprint density at radius 3 is 2.57 bits per heavy atom. The van der Waals surface area contributed by atoms with Gasteiger partial charge in [-0.05, 0) is 18.2 Å². The summed E-state index contributed by atoms with van der Waals surface area (Å²) in [6, 6.07) is 4.02. The Kier molecular flexibility index (Phi) is 4.22. The second-order valence-corrected chi connectivity index (χ2v) is 6.44. The third-order valence-electron chi connectivity index (χ3n) is 2.70. The van der Waals surface area contributed by atoms with E-state index in [2.05, 4.69) is 15.5 Å². The van der Waals surface area contributed by atoms with Gasteiger partial charge in [0.2, 0.25) is 5.13 Å². The molecule has 0 radical (unpaired) electrons. The highest BCUT2D eigenvalue weighted by Gasteiger charge is 2.20. The molecule has 2 rings (SSSR count). The molecule has 1 aromatic carbocycles. The van der Waals surface area contributed by atoms with E-state index < -0.39 is 11.7 Å². The van der Waals surface area contributed by atoms with Crippen LogP contribution in [0.25, 0.3) is 0 Å². The molecule has 0 bridgehead atoms. The Balaban J connectivity index is 2.14. The smallest absolute Gasteiger partial charge is 0.257 e. The van der Waals surface area contributed by atoms with Crippen molar-refractivity contribution in [3.63, 3.8) is 0 Å². The molecule has 1 heterocycles. The SMILES string of the molecule is COc1ccc(C(=O)Nc2nnc(C(C)(C)C)s2)cc1F. The van der Waals surface area contributed by atoms with Crippen LogP contribution in [0.4, 0.5) is 9.52 Å². The number of anilines is 1. The molecular formula is C14H16FN3O2S. The van der Waals surface area contributed by atoms with E-state index in [1.54, 1.807) is 0 Å². The number of rotatable bonds is 3. The average Bonchev–Trinajstić information content (AvgIpc) is 2.87. The molecule has 1 amide bonds. The minimum absolute atomic E-state index is 0.0949. The minimum atomic E-state index is -0.585. The van der Waals surface area contributed by atoms with Gasteiger partial charge in [-0.25, -0.2) is 4.39 Å². The first-order valence-corrected chi connectivity index (χ1v) is 7.12. The van der Waals surface area contributed by atoms with Crippen LogP contribution in [0.5, 0.6) is 5.75 Å². The highest BCUT2D eigenvalue weighted by molar-refractivity contribution is 7.15. The largest absolute Gasteiger partial charge is 0.494 e. The minimum Gasteiger partial charge on any atom is -0.494 e. The fraction of sp³-hybridized carbons (Fsp3) is 0.357. The number of hydrogen-bond acceptors (Lipinski definition) is 5. The summed E-state index contributed by atoms with van der Waals surface area (Å²) in [6.07, 6.45) is 0. The van der Waals surface area contributed by atoms with Crippen LogP contribution in [0.2, 0.25) is 0 Å². The van der Waals surface area contributed by atoms with Crippen LogP contribution >= 0.6 is 11.3 Å². The number of nitrogens with one attached hydrogen (secondary N) is 1. The van der Waals surface area contributed by atoms with Crippen LogP contribution < -0.4 is 10.1 Å². The molecule has 112 valence electrons. The standard InChI is InChI=1S/C14H16FN3O2S/c1-14(2,3)12-17-18-13(21-12)16-11(19)8-5-6-10(20-4)9(15)7-8/h5-7H,1-4H3,(H,16,18,19). The maximum absolute atomic E-state index is 13.6. The lowest BCUT2D eigenvalue weighted by Crippen LogP contribution is -2.12. The molecule has 0 saturated carbocycles. The molecule has 0 unspecified atom stereocenters. The van der Waals surface area contributed by atoms with Gasteiger partial charge in [0.15, 0.2) is 11.6 Å². The lowest BCUT2D eigenvalue weighted by atomic mass is 9.98. The van der Waals surface area contributed by atoms with Gasteiger partial charge in [-0.15, -0.1) is 10.2 Å². The van der Waals surface area contributed by atoms with Crippen LogP contribution in [-0.4, -0.2) is 23.2 Å². The zero-order valence-corrected chi connectivity index (χ0v) is 13.0. The molecule has 1 N–H and O–H groups in total. The van der Waals surface area contributed by atoms with Crippen LogP contribution in [0.15, 0.2) is 18.2 Å². The predicted molar refractivity (Wildman–Crippen MR) is 79.5 cm³/mol. The van der Waals surface area contributed by atoms with Gasteiger partial charge in [-0.2, -0.15) is 0 Å². The second kappa shape index (κ2) is 5.77. The van der Waals surface area contributed by atoms with E-state index in [-0.39, 0.29) is 16.7 Å². The van der Waals surface area contributed by atoms with Gasteiger partial charge in [0, 0.05) is 11.0 Å². The molecule has 0 atom stereocenters. The number of methoxy groups -OCH3 is 1. The molecule has 0 fully saturated rings. The molecule has 21 heavy (non-hydrogen) atoms. The fourth-order valence-corrected chi connectivity index (χ4v) is 2.35. The van der Waals surface area contributed by atoms with E-state index in [4.69, 9.17) is 4.74 Å². The Bertz CT molecular complexity index is 664. The zero-order valence-electron chi connectivity index (χ0n) is 12.2. The Morgan fingerprint density at radius 2 is 2.05 bits per heavy atom. The lowest BCUT2D eigenvalue weighted by molar-refractivity contribution is 0.102. The quantitative estimate of drug-likeness (QED) is 0.945. The first-order valence-electron chi connectivity index (χ1n) is 6.30. The van der Waals surface area contributed by atoms with Crippen LogP contribution in [0, 0.1) is 5.82 Å². The third-order valence-corrected chi connectivity index (χ3v) is 3.97. The van der Waals surface area contributed by atoms with Crippen molar-refractivity contribution in [2.45, 2.75) is 26.2 Å². The second-order valence-electron chi connectivity index (χ2n) is 5.47. The summed E-state index contributed by atoms with van der Waals surface area (Å²) in [7, 11) is 1.37. The molecule has 0 spiro atoms. The van der Waals surface area contributed by atoms with E-state index in [9.17, 15) is 9.18 Å². The molecule has 0 aliphatic carbocycles. The normalized spacial score (nSPS) is 11.3. The maximum Gasteiger partial charge on any atom is 0.257 e. The van der Waals surface area contributed by atoms with E-state index in [1.807, 2.05) is 20.8 Å². The number of hydrogen-bond donors (Lipinski definition) is 1. The summed E-state index contributed by atoms with van der Waals surface area (Å²) >= 11 is 1.30. The monoisotopic (exact) mass is 309 g/mol. The highest BCUT2D eigenvalue weighted by Crippen LogP contribution is 2.28. The molecule has 7 heteroatoms. The van der Waals surface area contributed by atoms with Crippen molar-refractivity contribution in [1.82, 2.24) is 10.2 Å². The van der Waals surface area contributed by atoms with Gasteiger partial charge >= 0.3 is 0 Å². The Labute approximate surface area is 126 Å². The maximum atomic E-state index is 13.6. The molecule has 5 nitrogen and oxygen atoms in total. The summed E-state index contributed by atoms with van der Waals surface area (Å²) in [5.41, 5.74) is 0.0631. The first-order chi connectivity index (χ1) is 9.81. The first kappa shape index (κ1) is 15.4. The van der Waals surface area contributed by atoms with Crippen LogP contribution in [0.3, 0.4) is 0 Å². The van der Waals surface area contributed by atoms with Crippen molar-refractivity contribution in [2.24, 2.45) is 0 Å². The third kappa shape index (κ3) is 3.55. The van der Waals surface area contributed by atoms with Crippen molar-refractivity contribution < 1.29 is 13.9 Å². The zero-order chi connectivity index (χ0) is 15.6. The molecule has 2 aromatic rings. The summed E-state index contributed by atoms with van der Waals surface area (Å²) in [5, 5.41) is 11.8. The van der Waals surface area contributed by atoms with E-state index >= 15 is 0 Å². The molecular weight excluding hydrogens is 293 g/mol. The van der Waals surface area contributed by atoms with Crippen molar-refractivity contribution in [3.8, 4) is 5.75 Å². The fourth-order valence-electron chi connectivity index (χ4n) is 1.55. The summed E-state index contributed by atoms with van der Waals surface area (Å²) in [5.74, 6) is -0.927. The number of benzene rings is 1. The van der Waals surface area contributed by atoms with E-state index in [0.717, 1.165) is 11.1 Å². The average molecular weight is 309 g/mol. The molecule has 1 aromatic heterocycles. The highest BCUT2D eigenvalue weighted by atomic mass is 32.1. The molecule has 0 saturated heterocycles. The van der Waals surface area contributed by atoms with Gasteiger partial charge < -0.3 is 4.74 Å². The Morgan fingerprint density at radius 1 is 1.33 bits per heavy atom. The predicted octanol–water partition coefficient (Wildman–Crippen LogP) is 3.24. The van der Waals surface area contributed by atoms with Crippen molar-refractivity contribution in [3.05, 3.63) is 34.6 Å². The molecule has 0 aliphatic rings.